The van der Waals surface area contributed by atoms with Crippen LogP contribution in [-0.2, 0) is 50.1 Å². The van der Waals surface area contributed by atoms with Crippen molar-refractivity contribution >= 4 is 52.0 Å². The predicted molar refractivity (Wildman–Crippen MR) is 70.3 cm³/mol. The number of rotatable bonds is 4. The molecule has 0 saturated heterocycles. The molecule has 0 fully saturated rings. The first-order valence-corrected chi connectivity index (χ1v) is 10.5. The highest BCUT2D eigenvalue weighted by Crippen LogP contribution is 2.34. The SMILES string of the molecule is O=C1C(S(=O)(=O)O)=C(S(=O)(=O)O)C(=O)C(S(=O)(=O)O)=C1S(=O)(=O)O. The van der Waals surface area contributed by atoms with Gasteiger partial charge in [-0.3, -0.25) is 27.8 Å². The number of hydrogen-bond donors (Lipinski definition) is 4. The van der Waals surface area contributed by atoms with Gasteiger partial charge in [-0.2, -0.15) is 33.7 Å². The molecule has 0 atom stereocenters. The van der Waals surface area contributed by atoms with Gasteiger partial charge in [0.1, 0.15) is 0 Å². The Morgan fingerprint density at radius 3 is 0.625 bits per heavy atom. The summed E-state index contributed by atoms with van der Waals surface area (Å²) in [4.78, 5) is 13.4. The summed E-state index contributed by atoms with van der Waals surface area (Å²) in [7, 11) is -24.1. The molecule has 1 aliphatic carbocycles. The van der Waals surface area contributed by atoms with E-state index in [9.17, 15) is 43.3 Å². The molecule has 1 rings (SSSR count). The number of carbonyl (C=O) groups excluding carboxylic acids is 2. The Balaban J connectivity index is 4.32. The lowest BCUT2D eigenvalue weighted by Gasteiger charge is -2.17. The zero-order valence-electron chi connectivity index (χ0n) is 10.5. The smallest absolute Gasteiger partial charge is 0.287 e. The van der Waals surface area contributed by atoms with Gasteiger partial charge >= 0.3 is 0 Å². The van der Waals surface area contributed by atoms with Crippen LogP contribution in [0.5, 0.6) is 0 Å². The van der Waals surface area contributed by atoms with Crippen LogP contribution in [0.3, 0.4) is 0 Å². The highest BCUT2D eigenvalue weighted by atomic mass is 32.2. The van der Waals surface area contributed by atoms with E-state index in [2.05, 4.69) is 0 Å². The van der Waals surface area contributed by atoms with E-state index < -0.39 is 71.7 Å². The first-order valence-electron chi connectivity index (χ1n) is 4.79. The second-order valence-electron chi connectivity index (χ2n) is 3.88. The predicted octanol–water partition coefficient (Wildman–Crippen LogP) is -2.89. The zero-order chi connectivity index (χ0) is 19.5. The summed E-state index contributed by atoms with van der Waals surface area (Å²) < 4.78 is 124. The van der Waals surface area contributed by atoms with Crippen LogP contribution in [0.4, 0.5) is 0 Å². The van der Waals surface area contributed by atoms with Crippen molar-refractivity contribution in [3.8, 4) is 0 Å². The number of Topliss-reactive ketones (excluding diaryl/α,β-unsaturated/α-hetero) is 2. The van der Waals surface area contributed by atoms with Crippen molar-refractivity contribution in [3.63, 3.8) is 0 Å². The van der Waals surface area contributed by atoms with E-state index in [-0.39, 0.29) is 0 Å². The molecule has 0 aromatic heterocycles. The zero-order valence-corrected chi connectivity index (χ0v) is 13.8. The largest absolute Gasteiger partial charge is 0.300 e. The van der Waals surface area contributed by atoms with E-state index in [1.54, 1.807) is 0 Å². The van der Waals surface area contributed by atoms with E-state index in [1.807, 2.05) is 0 Å². The number of ketones is 2. The quantitative estimate of drug-likeness (QED) is 0.259. The van der Waals surface area contributed by atoms with Gasteiger partial charge in [0.15, 0.2) is 19.6 Å². The Bertz CT molecular complexity index is 955. The lowest BCUT2D eigenvalue weighted by atomic mass is 10.1. The maximum absolute atomic E-state index is 11.8. The van der Waals surface area contributed by atoms with Crippen molar-refractivity contribution in [1.29, 1.82) is 0 Å². The Morgan fingerprint density at radius 2 is 0.542 bits per heavy atom. The summed E-state index contributed by atoms with van der Waals surface area (Å²) in [5.74, 6) is -5.39. The van der Waals surface area contributed by atoms with Gasteiger partial charge in [0.2, 0.25) is 11.6 Å². The maximum atomic E-state index is 11.8. The highest BCUT2D eigenvalue weighted by molar-refractivity contribution is 7.98. The van der Waals surface area contributed by atoms with Crippen molar-refractivity contribution in [3.05, 3.63) is 19.6 Å². The molecule has 136 valence electrons. The Kier molecular flexibility index (Phi) is 4.69. The molecule has 14 nitrogen and oxygen atoms in total. The molecule has 0 aliphatic heterocycles. The van der Waals surface area contributed by atoms with Crippen molar-refractivity contribution in [1.82, 2.24) is 0 Å². The van der Waals surface area contributed by atoms with Crippen LogP contribution in [0.1, 0.15) is 0 Å². The first kappa shape index (κ1) is 20.5. The molecule has 0 radical (unpaired) electrons. The fourth-order valence-corrected chi connectivity index (χ4v) is 5.60. The van der Waals surface area contributed by atoms with Crippen molar-refractivity contribution in [2.24, 2.45) is 0 Å². The van der Waals surface area contributed by atoms with Gasteiger partial charge in [0.05, 0.1) is 0 Å². The molecule has 0 heterocycles. The average Bonchev–Trinajstić information content (AvgIpc) is 2.24. The summed E-state index contributed by atoms with van der Waals surface area (Å²) in [5.41, 5.74) is 0. The number of carbonyl (C=O) groups is 2. The van der Waals surface area contributed by atoms with Gasteiger partial charge in [0, 0.05) is 0 Å². The lowest BCUT2D eigenvalue weighted by Crippen LogP contribution is -2.36. The van der Waals surface area contributed by atoms with E-state index in [0.717, 1.165) is 0 Å². The molecule has 24 heavy (non-hydrogen) atoms. The summed E-state index contributed by atoms with van der Waals surface area (Å²) in [5, 5.41) is 0. The standard InChI is InChI=1S/C6H4O14S4/c7-1-3(21(9,10)11)5(23(15,16)17)2(8)6(24(18,19)20)4(1)22(12,13)14/h(H,9,10,11)(H,12,13,14)(H,15,16,17)(H,18,19,20). The average molecular weight is 428 g/mol. The monoisotopic (exact) mass is 428 g/mol. The normalized spacial score (nSPS) is 18.3. The summed E-state index contributed by atoms with van der Waals surface area (Å²) in [6.07, 6.45) is 0. The summed E-state index contributed by atoms with van der Waals surface area (Å²) >= 11 is 0. The van der Waals surface area contributed by atoms with Gasteiger partial charge in [-0.15, -0.1) is 0 Å². The molecule has 0 saturated carbocycles. The summed E-state index contributed by atoms with van der Waals surface area (Å²) in [6, 6.07) is 0. The van der Waals surface area contributed by atoms with Crippen LogP contribution in [0.25, 0.3) is 0 Å². The third-order valence-electron chi connectivity index (χ3n) is 2.27. The van der Waals surface area contributed by atoms with Crippen LogP contribution >= 0.6 is 0 Å². The summed E-state index contributed by atoms with van der Waals surface area (Å²) in [6.45, 7) is 0. The first-order chi connectivity index (χ1) is 10.3. The Morgan fingerprint density at radius 1 is 0.417 bits per heavy atom. The molecular weight excluding hydrogens is 424 g/mol. The van der Waals surface area contributed by atoms with Gasteiger partial charge in [-0.25, -0.2) is 0 Å². The number of allylic oxidation sites excluding steroid dienone is 4. The molecule has 0 bridgehead atoms. The van der Waals surface area contributed by atoms with Gasteiger partial charge in [-0.05, 0) is 0 Å². The minimum absolute atomic E-state index is 2.53. The fraction of sp³-hybridized carbons (Fsp3) is 0. The lowest BCUT2D eigenvalue weighted by molar-refractivity contribution is -0.115. The van der Waals surface area contributed by atoms with Gasteiger partial charge < -0.3 is 0 Å². The fourth-order valence-electron chi connectivity index (χ4n) is 1.56. The van der Waals surface area contributed by atoms with E-state index >= 15 is 0 Å². The van der Waals surface area contributed by atoms with E-state index in [1.165, 1.54) is 0 Å². The van der Waals surface area contributed by atoms with Crippen LogP contribution in [0, 0.1) is 0 Å². The highest BCUT2D eigenvalue weighted by Gasteiger charge is 2.52. The van der Waals surface area contributed by atoms with Crippen LogP contribution < -0.4 is 0 Å². The second kappa shape index (κ2) is 5.49. The van der Waals surface area contributed by atoms with Crippen LogP contribution in [0.15, 0.2) is 19.6 Å². The molecule has 0 aromatic carbocycles. The topological polar surface area (TPSA) is 252 Å². The molecule has 0 amide bonds. The molecule has 4 N–H and O–H groups in total. The minimum atomic E-state index is -6.02. The van der Waals surface area contributed by atoms with E-state index in [0.29, 0.717) is 0 Å². The third-order valence-corrected chi connectivity index (χ3v) is 6.15. The van der Waals surface area contributed by atoms with E-state index in [4.69, 9.17) is 18.2 Å². The minimum Gasteiger partial charge on any atom is -0.287 e. The van der Waals surface area contributed by atoms with Gasteiger partial charge in [-0.1, -0.05) is 0 Å². The Labute approximate surface area is 133 Å². The molecule has 0 aromatic rings. The van der Waals surface area contributed by atoms with Crippen molar-refractivity contribution in [2.45, 2.75) is 0 Å². The second-order valence-corrected chi connectivity index (χ2v) is 9.31. The van der Waals surface area contributed by atoms with Crippen molar-refractivity contribution in [2.75, 3.05) is 0 Å². The van der Waals surface area contributed by atoms with Crippen LogP contribution in [-0.4, -0.2) is 63.4 Å². The van der Waals surface area contributed by atoms with Crippen LogP contribution in [0.2, 0.25) is 0 Å². The maximum Gasteiger partial charge on any atom is 0.300 e. The molecule has 0 unspecified atom stereocenters. The molecular formula is C6H4O14S4. The number of hydrogen-bond acceptors (Lipinski definition) is 10. The molecule has 18 heteroatoms. The molecule has 1 aliphatic rings. The van der Waals surface area contributed by atoms with Crippen molar-refractivity contribution < 1.29 is 61.5 Å². The Hall–Kier alpha value is -1.54. The third kappa shape index (κ3) is 3.59. The van der Waals surface area contributed by atoms with Gasteiger partial charge in [0.25, 0.3) is 40.5 Å². The molecule has 0 spiro atoms.